The zero-order chi connectivity index (χ0) is 7.90. The number of hydrogen-bond donors (Lipinski definition) is 2. The van der Waals surface area contributed by atoms with E-state index in [0.717, 1.165) is 11.8 Å². The summed E-state index contributed by atoms with van der Waals surface area (Å²) in [6.45, 7) is 0.685. The molecule has 3 atom stereocenters. The molecule has 3 unspecified atom stereocenters. The summed E-state index contributed by atoms with van der Waals surface area (Å²) >= 11 is 0. The lowest BCUT2D eigenvalue weighted by Gasteiger charge is -2.38. The Hall–Kier alpha value is -0.0800. The second-order valence-electron chi connectivity index (χ2n) is 4.35. The highest BCUT2D eigenvalue weighted by molar-refractivity contribution is 5.00. The van der Waals surface area contributed by atoms with E-state index in [-0.39, 0.29) is 5.54 Å². The van der Waals surface area contributed by atoms with E-state index >= 15 is 0 Å². The monoisotopic (exact) mass is 154 g/mol. The van der Waals surface area contributed by atoms with Gasteiger partial charge in [-0.2, -0.15) is 0 Å². The van der Waals surface area contributed by atoms with Crippen molar-refractivity contribution < 1.29 is 0 Å². The fourth-order valence-electron chi connectivity index (χ4n) is 2.81. The van der Waals surface area contributed by atoms with Crippen LogP contribution < -0.4 is 11.5 Å². The van der Waals surface area contributed by atoms with E-state index in [0.29, 0.717) is 6.54 Å². The molecule has 2 heteroatoms. The SMILES string of the molecule is NCC1(N)CCC2CCC1C2. The van der Waals surface area contributed by atoms with Crippen LogP contribution in [0.4, 0.5) is 0 Å². The molecule has 0 aromatic rings. The zero-order valence-electron chi connectivity index (χ0n) is 7.05. The largest absolute Gasteiger partial charge is 0.329 e. The number of nitrogens with two attached hydrogens (primary N) is 2. The minimum Gasteiger partial charge on any atom is -0.329 e. The molecule has 64 valence electrons. The highest BCUT2D eigenvalue weighted by atomic mass is 14.8. The van der Waals surface area contributed by atoms with Crippen LogP contribution in [0.1, 0.15) is 32.1 Å². The maximum atomic E-state index is 6.21. The summed E-state index contributed by atoms with van der Waals surface area (Å²) in [5.41, 5.74) is 11.9. The fraction of sp³-hybridized carbons (Fsp3) is 1.00. The van der Waals surface area contributed by atoms with Gasteiger partial charge in [-0.15, -0.1) is 0 Å². The molecule has 0 radical (unpaired) electrons. The van der Waals surface area contributed by atoms with Crippen LogP contribution >= 0.6 is 0 Å². The van der Waals surface area contributed by atoms with Gasteiger partial charge in [0.05, 0.1) is 0 Å². The van der Waals surface area contributed by atoms with E-state index in [1.54, 1.807) is 0 Å². The van der Waals surface area contributed by atoms with Crippen LogP contribution in [-0.2, 0) is 0 Å². The Morgan fingerprint density at radius 1 is 1.27 bits per heavy atom. The van der Waals surface area contributed by atoms with Crippen LogP contribution in [-0.4, -0.2) is 12.1 Å². The van der Waals surface area contributed by atoms with Crippen molar-refractivity contribution in [1.82, 2.24) is 0 Å². The van der Waals surface area contributed by atoms with E-state index in [2.05, 4.69) is 0 Å². The molecule has 0 aliphatic heterocycles. The summed E-state index contributed by atoms with van der Waals surface area (Å²) in [5.74, 6) is 1.73. The Balaban J connectivity index is 2.12. The maximum absolute atomic E-state index is 6.21. The summed E-state index contributed by atoms with van der Waals surface area (Å²) in [5, 5.41) is 0. The van der Waals surface area contributed by atoms with E-state index in [1.165, 1.54) is 32.1 Å². The minimum absolute atomic E-state index is 0.00694. The first kappa shape index (κ1) is 7.56. The highest BCUT2D eigenvalue weighted by Crippen LogP contribution is 2.45. The molecule has 2 aliphatic carbocycles. The van der Waals surface area contributed by atoms with Gasteiger partial charge < -0.3 is 11.5 Å². The van der Waals surface area contributed by atoms with E-state index in [4.69, 9.17) is 11.5 Å². The molecule has 0 spiro atoms. The Kier molecular flexibility index (Phi) is 1.69. The van der Waals surface area contributed by atoms with Crippen molar-refractivity contribution in [3.8, 4) is 0 Å². The van der Waals surface area contributed by atoms with Crippen LogP contribution in [0.15, 0.2) is 0 Å². The van der Waals surface area contributed by atoms with Crippen molar-refractivity contribution in [2.75, 3.05) is 6.54 Å². The molecule has 4 N–H and O–H groups in total. The normalized spacial score (nSPS) is 49.6. The molecular weight excluding hydrogens is 136 g/mol. The quantitative estimate of drug-likeness (QED) is 0.588. The summed E-state index contributed by atoms with van der Waals surface area (Å²) in [4.78, 5) is 0. The van der Waals surface area contributed by atoms with Crippen molar-refractivity contribution >= 4 is 0 Å². The van der Waals surface area contributed by atoms with E-state index in [9.17, 15) is 0 Å². The lowest BCUT2D eigenvalue weighted by molar-refractivity contribution is 0.205. The third-order valence-corrected chi connectivity index (χ3v) is 3.75. The second-order valence-corrected chi connectivity index (χ2v) is 4.35. The first-order valence-electron chi connectivity index (χ1n) is 4.73. The standard InChI is InChI=1S/C9H18N2/c10-6-9(11)4-3-7-1-2-8(9)5-7/h7-8H,1-6,10-11H2. The maximum Gasteiger partial charge on any atom is 0.0307 e. The van der Waals surface area contributed by atoms with Crippen LogP contribution in [0.2, 0.25) is 0 Å². The lowest BCUT2D eigenvalue weighted by atomic mass is 9.74. The Labute approximate surface area is 68.3 Å². The topological polar surface area (TPSA) is 52.0 Å². The molecular formula is C9H18N2. The van der Waals surface area contributed by atoms with E-state index in [1.807, 2.05) is 0 Å². The smallest absolute Gasteiger partial charge is 0.0307 e. The molecule has 2 fully saturated rings. The number of hydrogen-bond acceptors (Lipinski definition) is 2. The molecule has 2 saturated carbocycles. The van der Waals surface area contributed by atoms with Gasteiger partial charge in [-0.25, -0.2) is 0 Å². The van der Waals surface area contributed by atoms with Gasteiger partial charge in [0.1, 0.15) is 0 Å². The molecule has 2 nitrogen and oxygen atoms in total. The fourth-order valence-corrected chi connectivity index (χ4v) is 2.81. The van der Waals surface area contributed by atoms with Gasteiger partial charge in [-0.1, -0.05) is 6.42 Å². The van der Waals surface area contributed by atoms with Gasteiger partial charge in [0.15, 0.2) is 0 Å². The van der Waals surface area contributed by atoms with Crippen molar-refractivity contribution in [3.05, 3.63) is 0 Å². The predicted molar refractivity (Wildman–Crippen MR) is 46.0 cm³/mol. The Bertz CT molecular complexity index is 158. The summed E-state index contributed by atoms with van der Waals surface area (Å²) in [7, 11) is 0. The predicted octanol–water partition coefficient (Wildman–Crippen LogP) is 0.853. The van der Waals surface area contributed by atoms with Gasteiger partial charge in [0, 0.05) is 12.1 Å². The van der Waals surface area contributed by atoms with Gasteiger partial charge in [-0.05, 0) is 37.5 Å². The molecule has 0 heterocycles. The average molecular weight is 154 g/mol. The first-order valence-corrected chi connectivity index (χ1v) is 4.73. The summed E-state index contributed by atoms with van der Waals surface area (Å²) < 4.78 is 0. The average Bonchev–Trinajstić information content (AvgIpc) is 2.44. The molecule has 2 bridgehead atoms. The first-order chi connectivity index (χ1) is 5.24. The molecule has 0 aromatic heterocycles. The van der Waals surface area contributed by atoms with Crippen molar-refractivity contribution in [2.24, 2.45) is 23.3 Å². The molecule has 0 amide bonds. The number of fused-ring (bicyclic) bond motifs is 2. The molecule has 0 aromatic carbocycles. The van der Waals surface area contributed by atoms with Crippen molar-refractivity contribution in [2.45, 2.75) is 37.6 Å². The van der Waals surface area contributed by atoms with Crippen molar-refractivity contribution in [3.63, 3.8) is 0 Å². The third-order valence-electron chi connectivity index (χ3n) is 3.75. The van der Waals surface area contributed by atoms with Crippen LogP contribution in [0.25, 0.3) is 0 Å². The van der Waals surface area contributed by atoms with Crippen molar-refractivity contribution in [1.29, 1.82) is 0 Å². The van der Waals surface area contributed by atoms with Gasteiger partial charge in [0.25, 0.3) is 0 Å². The number of rotatable bonds is 1. The third kappa shape index (κ3) is 1.09. The lowest BCUT2D eigenvalue weighted by Crippen LogP contribution is -2.54. The highest BCUT2D eigenvalue weighted by Gasteiger charge is 2.43. The molecule has 0 saturated heterocycles. The summed E-state index contributed by atoms with van der Waals surface area (Å²) in [6.07, 6.45) is 6.58. The van der Waals surface area contributed by atoms with Crippen LogP contribution in [0.3, 0.4) is 0 Å². The molecule has 2 rings (SSSR count). The zero-order valence-corrected chi connectivity index (χ0v) is 7.05. The van der Waals surface area contributed by atoms with Gasteiger partial charge >= 0.3 is 0 Å². The Morgan fingerprint density at radius 3 is 2.82 bits per heavy atom. The van der Waals surface area contributed by atoms with Gasteiger partial charge in [0.2, 0.25) is 0 Å². The minimum atomic E-state index is 0.00694. The molecule has 11 heavy (non-hydrogen) atoms. The summed E-state index contributed by atoms with van der Waals surface area (Å²) in [6, 6.07) is 0. The van der Waals surface area contributed by atoms with Gasteiger partial charge in [-0.3, -0.25) is 0 Å². The molecule has 2 aliphatic rings. The Morgan fingerprint density at radius 2 is 2.09 bits per heavy atom. The van der Waals surface area contributed by atoms with E-state index < -0.39 is 0 Å². The van der Waals surface area contributed by atoms with Crippen LogP contribution in [0, 0.1) is 11.8 Å². The second kappa shape index (κ2) is 2.46. The van der Waals surface area contributed by atoms with Crippen LogP contribution in [0.5, 0.6) is 0 Å².